The number of hydrogen-bond acceptors (Lipinski definition) is 5. The quantitative estimate of drug-likeness (QED) is 0.689. The zero-order valence-corrected chi connectivity index (χ0v) is 15.7. The fraction of sp³-hybridized carbons (Fsp3) is 0.318. The van der Waals surface area contributed by atoms with Gasteiger partial charge in [0.1, 0.15) is 18.0 Å². The number of rotatable bonds is 5. The first kappa shape index (κ1) is 19.7. The molecule has 0 aliphatic carbocycles. The summed E-state index contributed by atoms with van der Waals surface area (Å²) in [6.45, 7) is 0.555. The molecule has 28 heavy (non-hydrogen) atoms. The molecule has 2 aromatic carbocycles. The van der Waals surface area contributed by atoms with Crippen molar-refractivity contribution >= 4 is 6.09 Å². The van der Waals surface area contributed by atoms with Crippen LogP contribution in [0.25, 0.3) is 0 Å². The molecule has 146 valence electrons. The molecule has 6 nitrogen and oxygen atoms in total. The van der Waals surface area contributed by atoms with Crippen LogP contribution in [0.5, 0.6) is 5.75 Å². The van der Waals surface area contributed by atoms with Crippen LogP contribution in [0.15, 0.2) is 54.6 Å². The molecule has 6 heteroatoms. The summed E-state index contributed by atoms with van der Waals surface area (Å²) in [6, 6.07) is 17.1. The minimum Gasteiger partial charge on any atom is -0.497 e. The maximum absolute atomic E-state index is 12.1. The van der Waals surface area contributed by atoms with E-state index in [1.807, 2.05) is 54.6 Å². The third-order valence-electron chi connectivity index (χ3n) is 4.55. The molecule has 0 saturated carbocycles. The van der Waals surface area contributed by atoms with Gasteiger partial charge in [-0.15, -0.1) is 0 Å². The van der Waals surface area contributed by atoms with Crippen molar-refractivity contribution in [1.29, 1.82) is 0 Å². The summed E-state index contributed by atoms with van der Waals surface area (Å²) in [5.74, 6) is 6.62. The molecule has 3 N–H and O–H groups in total. The van der Waals surface area contributed by atoms with E-state index in [4.69, 9.17) is 9.47 Å². The number of hydrogen-bond donors (Lipinski definition) is 3. The molecule has 3 rings (SSSR count). The number of aliphatic hydroxyl groups excluding tert-OH is 1. The Balaban J connectivity index is 1.50. The highest BCUT2D eigenvalue weighted by Crippen LogP contribution is 2.19. The molecule has 0 aromatic heterocycles. The summed E-state index contributed by atoms with van der Waals surface area (Å²) in [6.07, 6.45) is -1.32. The average molecular weight is 380 g/mol. The van der Waals surface area contributed by atoms with Crippen LogP contribution in [0.2, 0.25) is 0 Å². The van der Waals surface area contributed by atoms with Crippen molar-refractivity contribution in [3.63, 3.8) is 0 Å². The SMILES string of the molecule is COc1ccc(C[C@H]2NC[C@H](O)[C@H]2OC(=O)NCC#Cc2ccccc2)cc1. The van der Waals surface area contributed by atoms with Crippen molar-refractivity contribution in [2.75, 3.05) is 20.2 Å². The molecule has 0 radical (unpaired) electrons. The maximum atomic E-state index is 12.1. The lowest BCUT2D eigenvalue weighted by atomic mass is 10.0. The fourth-order valence-corrected chi connectivity index (χ4v) is 3.09. The Labute approximate surface area is 164 Å². The second kappa shape index (κ2) is 9.79. The third kappa shape index (κ3) is 5.49. The van der Waals surface area contributed by atoms with E-state index in [1.165, 1.54) is 0 Å². The second-order valence-electron chi connectivity index (χ2n) is 6.53. The van der Waals surface area contributed by atoms with Crippen LogP contribution in [0, 0.1) is 11.8 Å². The van der Waals surface area contributed by atoms with E-state index >= 15 is 0 Å². The zero-order valence-electron chi connectivity index (χ0n) is 15.7. The molecular formula is C22H24N2O4. The van der Waals surface area contributed by atoms with Gasteiger partial charge in [-0.3, -0.25) is 0 Å². The van der Waals surface area contributed by atoms with Gasteiger partial charge in [0, 0.05) is 12.1 Å². The molecule has 3 atom stereocenters. The highest BCUT2D eigenvalue weighted by molar-refractivity contribution is 5.68. The van der Waals surface area contributed by atoms with E-state index in [0.717, 1.165) is 16.9 Å². The summed E-state index contributed by atoms with van der Waals surface area (Å²) in [5, 5.41) is 16.0. The van der Waals surface area contributed by atoms with E-state index in [1.54, 1.807) is 7.11 Å². The number of aliphatic hydroxyl groups is 1. The smallest absolute Gasteiger partial charge is 0.408 e. The van der Waals surface area contributed by atoms with Gasteiger partial charge in [0.15, 0.2) is 0 Å². The normalized spacial score (nSPS) is 20.7. The third-order valence-corrected chi connectivity index (χ3v) is 4.55. The molecule has 0 bridgehead atoms. The number of β-amino-alcohol motifs (C(OH)–C–C–N with tert-alkyl or cyclic N) is 1. The van der Waals surface area contributed by atoms with Crippen molar-refractivity contribution in [3.05, 3.63) is 65.7 Å². The second-order valence-corrected chi connectivity index (χ2v) is 6.53. The lowest BCUT2D eigenvalue weighted by Crippen LogP contribution is -2.41. The number of methoxy groups -OCH3 is 1. The largest absolute Gasteiger partial charge is 0.497 e. The summed E-state index contributed by atoms with van der Waals surface area (Å²) in [7, 11) is 1.62. The minimum atomic E-state index is -0.746. The van der Waals surface area contributed by atoms with Crippen LogP contribution in [0.4, 0.5) is 4.79 Å². The predicted octanol–water partition coefficient (Wildman–Crippen LogP) is 1.72. The Morgan fingerprint density at radius 3 is 2.68 bits per heavy atom. The predicted molar refractivity (Wildman–Crippen MR) is 106 cm³/mol. The molecule has 1 heterocycles. The Hall–Kier alpha value is -3.01. The standard InChI is InChI=1S/C22H24N2O4/c1-27-18-11-9-17(10-12-18)14-19-21(20(25)15-24-19)28-22(26)23-13-5-8-16-6-3-2-4-7-16/h2-4,6-7,9-12,19-21,24-25H,13-15H2,1H3,(H,23,26)/t19-,20+,21+/m1/s1. The first-order chi connectivity index (χ1) is 13.7. The molecule has 1 saturated heterocycles. The molecule has 1 fully saturated rings. The van der Waals surface area contributed by atoms with Gasteiger partial charge in [0.05, 0.1) is 19.7 Å². The Morgan fingerprint density at radius 1 is 1.21 bits per heavy atom. The Morgan fingerprint density at radius 2 is 1.96 bits per heavy atom. The molecular weight excluding hydrogens is 356 g/mol. The van der Waals surface area contributed by atoms with Crippen LogP contribution in [-0.4, -0.2) is 49.6 Å². The number of carbonyl (C=O) groups is 1. The van der Waals surface area contributed by atoms with Gasteiger partial charge in [0.25, 0.3) is 0 Å². The van der Waals surface area contributed by atoms with Gasteiger partial charge in [-0.1, -0.05) is 42.2 Å². The summed E-state index contributed by atoms with van der Waals surface area (Å²) in [4.78, 5) is 12.1. The van der Waals surface area contributed by atoms with Crippen LogP contribution < -0.4 is 15.4 Å². The molecule has 0 unspecified atom stereocenters. The van der Waals surface area contributed by atoms with Crippen molar-refractivity contribution in [2.45, 2.75) is 24.7 Å². The number of carbonyl (C=O) groups excluding carboxylic acids is 1. The minimum absolute atomic E-state index is 0.162. The van der Waals surface area contributed by atoms with Gasteiger partial charge in [-0.2, -0.15) is 0 Å². The van der Waals surface area contributed by atoms with Gasteiger partial charge in [-0.05, 0) is 36.2 Å². The van der Waals surface area contributed by atoms with E-state index in [-0.39, 0.29) is 12.6 Å². The van der Waals surface area contributed by atoms with E-state index in [2.05, 4.69) is 22.5 Å². The van der Waals surface area contributed by atoms with E-state index < -0.39 is 18.3 Å². The van der Waals surface area contributed by atoms with Gasteiger partial charge >= 0.3 is 6.09 Å². The Kier molecular flexibility index (Phi) is 6.90. The highest BCUT2D eigenvalue weighted by atomic mass is 16.6. The molecule has 1 aliphatic rings. The van der Waals surface area contributed by atoms with Crippen molar-refractivity contribution in [3.8, 4) is 17.6 Å². The van der Waals surface area contributed by atoms with Crippen molar-refractivity contribution in [1.82, 2.24) is 10.6 Å². The topological polar surface area (TPSA) is 79.8 Å². The van der Waals surface area contributed by atoms with Crippen molar-refractivity contribution < 1.29 is 19.4 Å². The Bertz CT molecular complexity index is 827. The lowest BCUT2D eigenvalue weighted by Gasteiger charge is -2.22. The lowest BCUT2D eigenvalue weighted by molar-refractivity contribution is 0.0194. The average Bonchev–Trinajstić information content (AvgIpc) is 3.06. The van der Waals surface area contributed by atoms with Crippen LogP contribution in [0.1, 0.15) is 11.1 Å². The van der Waals surface area contributed by atoms with Gasteiger partial charge in [-0.25, -0.2) is 4.79 Å². The van der Waals surface area contributed by atoms with Gasteiger partial charge < -0.3 is 25.2 Å². The number of benzene rings is 2. The summed E-state index contributed by atoms with van der Waals surface area (Å²) >= 11 is 0. The number of amides is 1. The maximum Gasteiger partial charge on any atom is 0.408 e. The first-order valence-electron chi connectivity index (χ1n) is 9.18. The number of nitrogens with one attached hydrogen (secondary N) is 2. The van der Waals surface area contributed by atoms with Crippen LogP contribution in [-0.2, 0) is 11.2 Å². The van der Waals surface area contributed by atoms with Gasteiger partial charge in [0.2, 0.25) is 0 Å². The van der Waals surface area contributed by atoms with Crippen LogP contribution >= 0.6 is 0 Å². The summed E-state index contributed by atoms with van der Waals surface area (Å²) < 4.78 is 10.6. The highest BCUT2D eigenvalue weighted by Gasteiger charge is 2.37. The fourth-order valence-electron chi connectivity index (χ4n) is 3.09. The molecule has 0 spiro atoms. The monoisotopic (exact) mass is 380 g/mol. The van der Waals surface area contributed by atoms with E-state index in [0.29, 0.717) is 13.0 Å². The molecule has 1 amide bonds. The molecule has 2 aromatic rings. The molecule has 1 aliphatic heterocycles. The first-order valence-corrected chi connectivity index (χ1v) is 9.18. The van der Waals surface area contributed by atoms with E-state index in [9.17, 15) is 9.90 Å². The van der Waals surface area contributed by atoms with Crippen LogP contribution in [0.3, 0.4) is 0 Å². The summed E-state index contributed by atoms with van der Waals surface area (Å²) in [5.41, 5.74) is 1.95. The zero-order chi connectivity index (χ0) is 19.8. The number of alkyl carbamates (subject to hydrolysis) is 1. The number of ether oxygens (including phenoxy) is 2. The van der Waals surface area contributed by atoms with Crippen molar-refractivity contribution in [2.24, 2.45) is 0 Å².